The molecule has 2 heteroatoms. The van der Waals surface area contributed by atoms with E-state index in [-0.39, 0.29) is 0 Å². The van der Waals surface area contributed by atoms with Crippen molar-refractivity contribution in [2.24, 2.45) is 5.92 Å². The summed E-state index contributed by atoms with van der Waals surface area (Å²) in [4.78, 5) is 0. The van der Waals surface area contributed by atoms with Gasteiger partial charge in [0.05, 0.1) is 0 Å². The first-order valence-electron chi connectivity index (χ1n) is 3.28. The van der Waals surface area contributed by atoms with E-state index in [1.54, 1.807) is 0 Å². The summed E-state index contributed by atoms with van der Waals surface area (Å²) in [5, 5.41) is 11.0. The number of quaternary nitrogens is 1. The normalized spacial score (nSPS) is 39.4. The van der Waals surface area contributed by atoms with E-state index in [1.165, 1.54) is 0 Å². The van der Waals surface area contributed by atoms with E-state index in [9.17, 15) is 5.21 Å². The molecule has 0 spiro atoms. The van der Waals surface area contributed by atoms with Gasteiger partial charge >= 0.3 is 0 Å². The Bertz CT molecular complexity index is 82.6. The third kappa shape index (κ3) is 1.01. The lowest BCUT2D eigenvalue weighted by atomic mass is 10.1. The van der Waals surface area contributed by atoms with Crippen molar-refractivity contribution >= 4 is 0 Å². The maximum atomic E-state index is 10.5. The first-order valence-corrected chi connectivity index (χ1v) is 3.28. The molecule has 1 aliphatic rings. The van der Waals surface area contributed by atoms with Gasteiger partial charge in [-0.1, -0.05) is 13.8 Å². The molecule has 1 fully saturated rings. The molecule has 0 saturated carbocycles. The van der Waals surface area contributed by atoms with Crippen LogP contribution in [0.5, 0.6) is 0 Å². The summed E-state index contributed by atoms with van der Waals surface area (Å²) < 4.78 is 0. The molecule has 1 aliphatic heterocycles. The molecule has 1 saturated heterocycles. The lowest BCUT2D eigenvalue weighted by Gasteiger charge is -2.04. The minimum absolute atomic E-state index is 0.444. The fourth-order valence-corrected chi connectivity index (χ4v) is 0.961. The molecule has 3 unspecified atom stereocenters. The smallest absolute Gasteiger partial charge is 0.140 e. The van der Waals surface area contributed by atoms with E-state index in [1.807, 2.05) is 0 Å². The van der Waals surface area contributed by atoms with Crippen molar-refractivity contribution in [1.29, 1.82) is 0 Å². The molecule has 3 atom stereocenters. The molecule has 1 rings (SSSR count). The van der Waals surface area contributed by atoms with E-state index in [2.05, 4.69) is 13.8 Å². The maximum absolute atomic E-state index is 10.5. The van der Waals surface area contributed by atoms with Gasteiger partial charge in [-0.2, -0.15) is 0 Å². The van der Waals surface area contributed by atoms with Crippen molar-refractivity contribution < 1.29 is 5.06 Å². The summed E-state index contributed by atoms with van der Waals surface area (Å²) >= 11 is 0. The highest BCUT2D eigenvalue weighted by Gasteiger charge is 2.37. The van der Waals surface area contributed by atoms with Crippen LogP contribution >= 0.6 is 0 Å². The van der Waals surface area contributed by atoms with Gasteiger partial charge in [-0.25, -0.2) is 0 Å². The van der Waals surface area contributed by atoms with Gasteiger partial charge < -0.3 is 10.3 Å². The van der Waals surface area contributed by atoms with E-state index in [0.29, 0.717) is 17.0 Å². The van der Waals surface area contributed by atoms with Gasteiger partial charge in [0.1, 0.15) is 12.6 Å². The Hall–Kier alpha value is -0.0800. The van der Waals surface area contributed by atoms with Crippen LogP contribution in [-0.4, -0.2) is 12.6 Å². The van der Waals surface area contributed by atoms with Crippen molar-refractivity contribution in [2.75, 3.05) is 6.54 Å². The Morgan fingerprint density at radius 1 is 1.88 bits per heavy atom. The average Bonchev–Trinajstić information content (AvgIpc) is 2.45. The van der Waals surface area contributed by atoms with Crippen LogP contribution in [-0.2, 0) is 0 Å². The van der Waals surface area contributed by atoms with Crippen molar-refractivity contribution in [3.63, 3.8) is 0 Å². The van der Waals surface area contributed by atoms with Gasteiger partial charge in [0.2, 0.25) is 0 Å². The largest absolute Gasteiger partial charge is 0.634 e. The minimum Gasteiger partial charge on any atom is -0.634 e. The Balaban J connectivity index is 2.18. The molecule has 0 aliphatic carbocycles. The molecule has 0 aromatic carbocycles. The fraction of sp³-hybridized carbons (Fsp3) is 1.00. The molecule has 0 bridgehead atoms. The molecular weight excluding hydrogens is 102 g/mol. The first-order chi connectivity index (χ1) is 3.75. The van der Waals surface area contributed by atoms with Gasteiger partial charge in [0.15, 0.2) is 0 Å². The van der Waals surface area contributed by atoms with Gasteiger partial charge in [-0.3, -0.25) is 0 Å². The number of rotatable bonds is 2. The zero-order valence-corrected chi connectivity index (χ0v) is 5.48. The SMILES string of the molecule is CCC(C)C1C[NH+]1[O-]. The summed E-state index contributed by atoms with van der Waals surface area (Å²) in [7, 11) is 0. The van der Waals surface area contributed by atoms with Crippen LogP contribution in [0.1, 0.15) is 20.3 Å². The zero-order chi connectivity index (χ0) is 6.15. The highest BCUT2D eigenvalue weighted by Crippen LogP contribution is 2.08. The molecule has 8 heavy (non-hydrogen) atoms. The fourth-order valence-electron chi connectivity index (χ4n) is 0.961. The molecule has 0 radical (unpaired) electrons. The zero-order valence-electron chi connectivity index (χ0n) is 5.48. The van der Waals surface area contributed by atoms with E-state index in [4.69, 9.17) is 0 Å². The Kier molecular flexibility index (Phi) is 1.54. The standard InChI is InChI=1S/C6H13NO/c1-3-5(2)6-4-7(6)8/h5-7H,3-4H2,1-2H3. The van der Waals surface area contributed by atoms with Crippen molar-refractivity contribution in [3.05, 3.63) is 5.21 Å². The predicted molar refractivity (Wildman–Crippen MR) is 32.4 cm³/mol. The molecule has 0 amide bonds. The Labute approximate surface area is 50.1 Å². The molecule has 1 N–H and O–H groups in total. The Morgan fingerprint density at radius 3 is 2.50 bits per heavy atom. The maximum Gasteiger partial charge on any atom is 0.140 e. The Morgan fingerprint density at radius 2 is 2.38 bits per heavy atom. The summed E-state index contributed by atoms with van der Waals surface area (Å²) in [5.41, 5.74) is 0. The van der Waals surface area contributed by atoms with Gasteiger partial charge in [-0.05, 0) is 6.42 Å². The van der Waals surface area contributed by atoms with Crippen molar-refractivity contribution in [3.8, 4) is 0 Å². The molecule has 0 aromatic heterocycles. The lowest BCUT2D eigenvalue weighted by molar-refractivity contribution is -0.716. The molecule has 2 nitrogen and oxygen atoms in total. The van der Waals surface area contributed by atoms with E-state index < -0.39 is 0 Å². The highest BCUT2D eigenvalue weighted by atomic mass is 16.5. The van der Waals surface area contributed by atoms with Crippen LogP contribution in [0, 0.1) is 11.1 Å². The monoisotopic (exact) mass is 115 g/mol. The number of nitrogens with one attached hydrogen (secondary N) is 1. The van der Waals surface area contributed by atoms with Crippen LogP contribution in [0.2, 0.25) is 0 Å². The first kappa shape index (κ1) is 6.05. The van der Waals surface area contributed by atoms with Crippen LogP contribution in [0.25, 0.3) is 0 Å². The summed E-state index contributed by atoms with van der Waals surface area (Å²) in [6, 6.07) is 0.444. The number of hydrogen-bond donors (Lipinski definition) is 1. The van der Waals surface area contributed by atoms with Crippen molar-refractivity contribution in [1.82, 2.24) is 0 Å². The third-order valence-corrected chi connectivity index (χ3v) is 2.01. The minimum atomic E-state index is 0.444. The molecule has 0 aromatic rings. The summed E-state index contributed by atoms with van der Waals surface area (Å²) in [6.45, 7) is 5.14. The lowest BCUT2D eigenvalue weighted by Crippen LogP contribution is -2.88. The second-order valence-corrected chi connectivity index (χ2v) is 2.66. The molecular formula is C6H13NO. The van der Waals surface area contributed by atoms with Gasteiger partial charge in [-0.15, -0.1) is 0 Å². The van der Waals surface area contributed by atoms with Crippen LogP contribution in [0.3, 0.4) is 0 Å². The second kappa shape index (κ2) is 2.03. The highest BCUT2D eigenvalue weighted by molar-refractivity contribution is 4.71. The van der Waals surface area contributed by atoms with Crippen LogP contribution < -0.4 is 5.06 Å². The topological polar surface area (TPSA) is 27.5 Å². The summed E-state index contributed by atoms with van der Waals surface area (Å²) in [6.07, 6.45) is 1.15. The van der Waals surface area contributed by atoms with E-state index >= 15 is 0 Å². The third-order valence-electron chi connectivity index (χ3n) is 2.01. The summed E-state index contributed by atoms with van der Waals surface area (Å²) in [5.74, 6) is 0.641. The number of hydroxylamine groups is 2. The van der Waals surface area contributed by atoms with E-state index in [0.717, 1.165) is 13.0 Å². The van der Waals surface area contributed by atoms with Crippen LogP contribution in [0.4, 0.5) is 0 Å². The predicted octanol–water partition coefficient (Wildman–Crippen LogP) is -0.203. The molecule has 1 heterocycles. The average molecular weight is 115 g/mol. The number of hydrogen-bond acceptors (Lipinski definition) is 1. The van der Waals surface area contributed by atoms with Gasteiger partial charge in [0.25, 0.3) is 0 Å². The van der Waals surface area contributed by atoms with Crippen molar-refractivity contribution in [2.45, 2.75) is 26.3 Å². The van der Waals surface area contributed by atoms with Crippen LogP contribution in [0.15, 0.2) is 0 Å². The molecule has 48 valence electrons. The second-order valence-electron chi connectivity index (χ2n) is 2.66. The van der Waals surface area contributed by atoms with Gasteiger partial charge in [0, 0.05) is 5.92 Å². The quantitative estimate of drug-likeness (QED) is 0.391.